The van der Waals surface area contributed by atoms with E-state index in [0.717, 1.165) is 18.4 Å². The van der Waals surface area contributed by atoms with Gasteiger partial charge in [0.2, 0.25) is 0 Å². The van der Waals surface area contributed by atoms with Crippen LogP contribution in [0, 0.1) is 12.8 Å². The lowest BCUT2D eigenvalue weighted by Gasteiger charge is -2.20. The van der Waals surface area contributed by atoms with Gasteiger partial charge < -0.3 is 4.74 Å². The predicted octanol–water partition coefficient (Wildman–Crippen LogP) is 3.71. The molecular formula is C14H18O3S. The number of carbonyl (C=O) groups is 2. The monoisotopic (exact) mass is 266 g/mol. The van der Waals surface area contributed by atoms with Gasteiger partial charge in [-0.25, -0.2) is 4.79 Å². The Hall–Kier alpha value is -1.16. The number of hydrogen-bond acceptors (Lipinski definition) is 4. The highest BCUT2D eigenvalue weighted by atomic mass is 32.1. The average molecular weight is 266 g/mol. The number of aryl methyl sites for hydroxylation is 1. The van der Waals surface area contributed by atoms with Crippen molar-refractivity contribution < 1.29 is 14.3 Å². The molecule has 1 aromatic heterocycles. The van der Waals surface area contributed by atoms with Gasteiger partial charge in [-0.15, -0.1) is 11.3 Å². The normalized spacial score (nSPS) is 16.5. The second-order valence-corrected chi connectivity index (χ2v) is 5.82. The molecule has 0 N–H and O–H groups in total. The first-order chi connectivity index (χ1) is 8.66. The van der Waals surface area contributed by atoms with E-state index in [4.69, 9.17) is 4.74 Å². The Bertz CT molecular complexity index is 430. The summed E-state index contributed by atoms with van der Waals surface area (Å²) in [6.07, 6.45) is 6.20. The number of ether oxygens (including phenoxy) is 1. The lowest BCUT2D eigenvalue weighted by atomic mass is 9.87. The van der Waals surface area contributed by atoms with Gasteiger partial charge in [-0.05, 0) is 42.7 Å². The summed E-state index contributed by atoms with van der Waals surface area (Å²) in [4.78, 5) is 24.0. The SMILES string of the molecule is Cc1ccsc1C(=O)OC(=O)CC1CCCCC1. The van der Waals surface area contributed by atoms with Crippen LogP contribution in [-0.4, -0.2) is 11.9 Å². The Morgan fingerprint density at radius 1 is 1.33 bits per heavy atom. The van der Waals surface area contributed by atoms with E-state index in [-0.39, 0.29) is 5.97 Å². The molecule has 2 rings (SSSR count). The van der Waals surface area contributed by atoms with E-state index in [2.05, 4.69) is 0 Å². The first-order valence-corrected chi connectivity index (χ1v) is 7.34. The number of thiophene rings is 1. The van der Waals surface area contributed by atoms with Gasteiger partial charge in [0.25, 0.3) is 0 Å². The first kappa shape index (κ1) is 13.3. The summed E-state index contributed by atoms with van der Waals surface area (Å²) in [5, 5.41) is 1.83. The van der Waals surface area contributed by atoms with E-state index < -0.39 is 5.97 Å². The fourth-order valence-electron chi connectivity index (χ4n) is 2.40. The molecule has 18 heavy (non-hydrogen) atoms. The molecule has 0 saturated heterocycles. The van der Waals surface area contributed by atoms with E-state index in [1.54, 1.807) is 0 Å². The Labute approximate surface area is 111 Å². The Morgan fingerprint density at radius 2 is 2.06 bits per heavy atom. The number of rotatable bonds is 3. The zero-order valence-electron chi connectivity index (χ0n) is 10.6. The first-order valence-electron chi connectivity index (χ1n) is 6.46. The molecule has 0 spiro atoms. The summed E-state index contributed by atoms with van der Waals surface area (Å²) in [6, 6.07) is 1.85. The molecular weight excluding hydrogens is 248 g/mol. The molecule has 1 aromatic rings. The third kappa shape index (κ3) is 3.42. The second-order valence-electron chi connectivity index (χ2n) is 4.90. The van der Waals surface area contributed by atoms with Gasteiger partial charge in [-0.3, -0.25) is 4.79 Å². The summed E-state index contributed by atoms with van der Waals surface area (Å²) in [5.41, 5.74) is 0.871. The third-order valence-corrected chi connectivity index (χ3v) is 4.43. The molecule has 1 heterocycles. The van der Waals surface area contributed by atoms with Crippen LogP contribution in [0.3, 0.4) is 0 Å². The zero-order valence-corrected chi connectivity index (χ0v) is 11.4. The van der Waals surface area contributed by atoms with Gasteiger partial charge in [-0.2, -0.15) is 0 Å². The van der Waals surface area contributed by atoms with E-state index in [0.29, 0.717) is 17.2 Å². The lowest BCUT2D eigenvalue weighted by molar-refractivity contribution is -0.139. The van der Waals surface area contributed by atoms with Crippen molar-refractivity contribution in [1.82, 2.24) is 0 Å². The minimum absolute atomic E-state index is 0.375. The summed E-state index contributed by atoms with van der Waals surface area (Å²) in [5.74, 6) is -0.466. The van der Waals surface area contributed by atoms with Crippen LogP contribution in [0.2, 0.25) is 0 Å². The molecule has 1 aliphatic rings. The molecule has 1 fully saturated rings. The second kappa shape index (κ2) is 6.14. The van der Waals surface area contributed by atoms with Crippen molar-refractivity contribution in [3.05, 3.63) is 21.9 Å². The van der Waals surface area contributed by atoms with Gasteiger partial charge in [0.1, 0.15) is 4.88 Å². The van der Waals surface area contributed by atoms with E-state index >= 15 is 0 Å². The number of hydrogen-bond donors (Lipinski definition) is 0. The highest BCUT2D eigenvalue weighted by molar-refractivity contribution is 7.12. The molecule has 0 unspecified atom stereocenters. The molecule has 98 valence electrons. The maximum absolute atomic E-state index is 11.7. The summed E-state index contributed by atoms with van der Waals surface area (Å²) in [7, 11) is 0. The van der Waals surface area contributed by atoms with Gasteiger partial charge in [0, 0.05) is 6.42 Å². The topological polar surface area (TPSA) is 43.4 Å². The van der Waals surface area contributed by atoms with Crippen molar-refractivity contribution in [1.29, 1.82) is 0 Å². The van der Waals surface area contributed by atoms with Crippen LogP contribution in [0.15, 0.2) is 11.4 Å². The highest BCUT2D eigenvalue weighted by Gasteiger charge is 2.21. The van der Waals surface area contributed by atoms with Crippen molar-refractivity contribution in [3.63, 3.8) is 0 Å². The molecule has 4 heteroatoms. The molecule has 3 nitrogen and oxygen atoms in total. The van der Waals surface area contributed by atoms with Crippen LogP contribution in [0.25, 0.3) is 0 Å². The number of carbonyl (C=O) groups excluding carboxylic acids is 2. The van der Waals surface area contributed by atoms with Crippen LogP contribution in [0.1, 0.15) is 53.8 Å². The van der Waals surface area contributed by atoms with Crippen molar-refractivity contribution in [2.24, 2.45) is 5.92 Å². The van der Waals surface area contributed by atoms with Crippen molar-refractivity contribution in [3.8, 4) is 0 Å². The smallest absolute Gasteiger partial charge is 0.356 e. The molecule has 0 aliphatic heterocycles. The molecule has 0 bridgehead atoms. The standard InChI is InChI=1S/C14H18O3S/c1-10-7-8-18-13(10)14(16)17-12(15)9-11-5-3-2-4-6-11/h7-8,11H,2-6,9H2,1H3. The molecule has 1 saturated carbocycles. The van der Waals surface area contributed by atoms with Crippen LogP contribution >= 0.6 is 11.3 Å². The maximum atomic E-state index is 11.7. The Kier molecular flexibility index (Phi) is 4.53. The highest BCUT2D eigenvalue weighted by Crippen LogP contribution is 2.27. The van der Waals surface area contributed by atoms with Crippen molar-refractivity contribution in [2.45, 2.75) is 45.4 Å². The molecule has 0 amide bonds. The quantitative estimate of drug-likeness (QED) is 0.618. The predicted molar refractivity (Wildman–Crippen MR) is 70.7 cm³/mol. The fourth-order valence-corrected chi connectivity index (χ4v) is 3.20. The average Bonchev–Trinajstić information content (AvgIpc) is 2.76. The van der Waals surface area contributed by atoms with Crippen LogP contribution < -0.4 is 0 Å². The molecule has 0 radical (unpaired) electrons. The number of esters is 2. The third-order valence-electron chi connectivity index (χ3n) is 3.43. The lowest BCUT2D eigenvalue weighted by Crippen LogP contribution is -2.17. The Morgan fingerprint density at radius 3 is 2.67 bits per heavy atom. The maximum Gasteiger partial charge on any atom is 0.356 e. The summed E-state index contributed by atoms with van der Waals surface area (Å²) < 4.78 is 4.91. The minimum Gasteiger partial charge on any atom is -0.389 e. The summed E-state index contributed by atoms with van der Waals surface area (Å²) >= 11 is 1.32. The zero-order chi connectivity index (χ0) is 13.0. The Balaban J connectivity index is 1.84. The van der Waals surface area contributed by atoms with E-state index in [9.17, 15) is 9.59 Å². The van der Waals surface area contributed by atoms with Crippen molar-refractivity contribution in [2.75, 3.05) is 0 Å². The van der Waals surface area contributed by atoms with E-state index in [1.807, 2.05) is 18.4 Å². The van der Waals surface area contributed by atoms with Gasteiger partial charge in [0.15, 0.2) is 0 Å². The van der Waals surface area contributed by atoms with Gasteiger partial charge in [-0.1, -0.05) is 19.3 Å². The van der Waals surface area contributed by atoms with Gasteiger partial charge in [0.05, 0.1) is 0 Å². The molecule has 1 aliphatic carbocycles. The largest absolute Gasteiger partial charge is 0.389 e. The molecule has 0 atom stereocenters. The van der Waals surface area contributed by atoms with Crippen LogP contribution in [-0.2, 0) is 9.53 Å². The fraction of sp³-hybridized carbons (Fsp3) is 0.571. The minimum atomic E-state index is -0.497. The summed E-state index contributed by atoms with van der Waals surface area (Å²) in [6.45, 7) is 1.85. The van der Waals surface area contributed by atoms with Crippen LogP contribution in [0.4, 0.5) is 0 Å². The molecule has 0 aromatic carbocycles. The van der Waals surface area contributed by atoms with Crippen molar-refractivity contribution >= 4 is 23.3 Å². The van der Waals surface area contributed by atoms with Gasteiger partial charge >= 0.3 is 11.9 Å². The van der Waals surface area contributed by atoms with Crippen LogP contribution in [0.5, 0.6) is 0 Å². The van der Waals surface area contributed by atoms with E-state index in [1.165, 1.54) is 30.6 Å².